The molecule has 1 aliphatic heterocycles. The lowest BCUT2D eigenvalue weighted by atomic mass is 9.96. The molecule has 8 heteroatoms. The smallest absolute Gasteiger partial charge is 0.225 e. The number of fused-ring (bicyclic) bond motifs is 1. The Morgan fingerprint density at radius 3 is 2.83 bits per heavy atom. The molecule has 1 amide bonds. The monoisotopic (exact) mass is 393 g/mol. The van der Waals surface area contributed by atoms with E-state index in [1.165, 1.54) is 0 Å². The number of hydrogen-bond acceptors (Lipinski definition) is 6. The molecule has 3 aromatic rings. The van der Waals surface area contributed by atoms with Crippen LogP contribution >= 0.6 is 0 Å². The zero-order chi connectivity index (χ0) is 20.2. The quantitative estimate of drug-likeness (QED) is 0.693. The van der Waals surface area contributed by atoms with Crippen molar-refractivity contribution in [1.29, 1.82) is 0 Å². The summed E-state index contributed by atoms with van der Waals surface area (Å²) in [6, 6.07) is 7.43. The van der Waals surface area contributed by atoms with Crippen molar-refractivity contribution in [3.63, 3.8) is 0 Å². The molecule has 3 aromatic heterocycles. The number of rotatable bonds is 6. The average molecular weight is 393 g/mol. The van der Waals surface area contributed by atoms with E-state index < -0.39 is 0 Å². The van der Waals surface area contributed by atoms with Crippen LogP contribution in [0.3, 0.4) is 0 Å². The van der Waals surface area contributed by atoms with Gasteiger partial charge >= 0.3 is 0 Å². The largest absolute Gasteiger partial charge is 0.346 e. The molecule has 0 radical (unpaired) electrons. The highest BCUT2D eigenvalue weighted by molar-refractivity contribution is 5.80. The van der Waals surface area contributed by atoms with E-state index in [1.54, 1.807) is 18.5 Å². The first-order valence-corrected chi connectivity index (χ1v) is 10.2. The van der Waals surface area contributed by atoms with Crippen LogP contribution in [-0.2, 0) is 4.79 Å². The van der Waals surface area contributed by atoms with Crippen LogP contribution < -0.4 is 10.2 Å². The maximum absolute atomic E-state index is 13.2. The Kier molecular flexibility index (Phi) is 5.69. The summed E-state index contributed by atoms with van der Waals surface area (Å²) in [5.74, 6) is 1.84. The first-order valence-electron chi connectivity index (χ1n) is 10.2. The van der Waals surface area contributed by atoms with Crippen molar-refractivity contribution < 1.29 is 4.79 Å². The number of nitrogens with one attached hydrogen (secondary N) is 1. The first-order chi connectivity index (χ1) is 14.1. The normalized spacial score (nSPS) is 18.2. The first kappa shape index (κ1) is 19.3. The van der Waals surface area contributed by atoms with Gasteiger partial charge in [-0.2, -0.15) is 0 Å². The van der Waals surface area contributed by atoms with E-state index in [0.29, 0.717) is 18.4 Å². The van der Waals surface area contributed by atoms with Crippen molar-refractivity contribution in [2.45, 2.75) is 39.2 Å². The van der Waals surface area contributed by atoms with Crippen molar-refractivity contribution >= 4 is 17.5 Å². The second-order valence-electron chi connectivity index (χ2n) is 8.01. The third-order valence-corrected chi connectivity index (χ3v) is 5.30. The molecule has 8 nitrogen and oxygen atoms in total. The van der Waals surface area contributed by atoms with E-state index >= 15 is 0 Å². The number of carbonyl (C=O) groups excluding carboxylic acids is 1. The predicted molar refractivity (Wildman–Crippen MR) is 110 cm³/mol. The Hall–Kier alpha value is -3.03. The highest BCUT2D eigenvalue weighted by Gasteiger charge is 2.30. The summed E-state index contributed by atoms with van der Waals surface area (Å²) in [5.41, 5.74) is 0.788. The molecule has 2 atom stereocenters. The molecule has 0 bridgehead atoms. The molecule has 1 fully saturated rings. The van der Waals surface area contributed by atoms with Gasteiger partial charge in [0.25, 0.3) is 0 Å². The maximum atomic E-state index is 13.2. The summed E-state index contributed by atoms with van der Waals surface area (Å²) in [4.78, 5) is 23.9. The Labute approximate surface area is 170 Å². The third-order valence-electron chi connectivity index (χ3n) is 5.30. The Morgan fingerprint density at radius 1 is 1.21 bits per heavy atom. The minimum absolute atomic E-state index is 0.0592. The highest BCUT2D eigenvalue weighted by Crippen LogP contribution is 2.24. The van der Waals surface area contributed by atoms with Crippen molar-refractivity contribution in [3.05, 3.63) is 48.7 Å². The van der Waals surface area contributed by atoms with Crippen LogP contribution in [0.15, 0.2) is 42.9 Å². The van der Waals surface area contributed by atoms with Crippen molar-refractivity contribution in [1.82, 2.24) is 29.9 Å². The SMILES string of the molecule is CC(C)C[C@@H](NC(=O)[C@H]1CCCN(c2ncccn2)C1)c1nnc2ccccn12. The van der Waals surface area contributed by atoms with Crippen molar-refractivity contribution in [3.8, 4) is 0 Å². The van der Waals surface area contributed by atoms with Crippen LogP contribution in [-0.4, -0.2) is 43.6 Å². The number of nitrogens with zero attached hydrogens (tertiary/aromatic N) is 6. The minimum atomic E-state index is -0.178. The van der Waals surface area contributed by atoms with E-state index in [0.717, 1.165) is 37.3 Å². The average Bonchev–Trinajstić information content (AvgIpc) is 3.18. The lowest BCUT2D eigenvalue weighted by molar-refractivity contribution is -0.126. The van der Waals surface area contributed by atoms with Gasteiger partial charge in [-0.05, 0) is 43.4 Å². The van der Waals surface area contributed by atoms with E-state index in [-0.39, 0.29) is 17.9 Å². The van der Waals surface area contributed by atoms with Crippen LogP contribution in [0.5, 0.6) is 0 Å². The number of pyridine rings is 1. The van der Waals surface area contributed by atoms with Gasteiger partial charge in [0.05, 0.1) is 12.0 Å². The van der Waals surface area contributed by atoms with Crippen LogP contribution in [0.4, 0.5) is 5.95 Å². The fourth-order valence-electron chi connectivity index (χ4n) is 3.91. The second-order valence-corrected chi connectivity index (χ2v) is 8.01. The topological polar surface area (TPSA) is 88.3 Å². The molecular weight excluding hydrogens is 366 g/mol. The number of hydrogen-bond donors (Lipinski definition) is 1. The predicted octanol–water partition coefficient (Wildman–Crippen LogP) is 2.64. The third kappa shape index (κ3) is 4.36. The van der Waals surface area contributed by atoms with Crippen molar-refractivity contribution in [2.24, 2.45) is 11.8 Å². The molecule has 0 aliphatic carbocycles. The molecule has 152 valence electrons. The van der Waals surface area contributed by atoms with E-state index in [1.807, 2.05) is 28.8 Å². The minimum Gasteiger partial charge on any atom is -0.346 e. The fraction of sp³-hybridized carbons (Fsp3) is 0.476. The number of piperidine rings is 1. The van der Waals surface area contributed by atoms with Gasteiger partial charge in [-0.1, -0.05) is 19.9 Å². The molecule has 1 aliphatic rings. The van der Waals surface area contributed by atoms with Crippen LogP contribution in [0.1, 0.15) is 45.0 Å². The van der Waals surface area contributed by atoms with E-state index in [2.05, 4.69) is 44.2 Å². The summed E-state index contributed by atoms with van der Waals surface area (Å²) < 4.78 is 1.96. The molecule has 0 aromatic carbocycles. The lowest BCUT2D eigenvalue weighted by Crippen LogP contribution is -2.45. The summed E-state index contributed by atoms with van der Waals surface area (Å²) in [6.45, 7) is 5.80. The van der Waals surface area contributed by atoms with Gasteiger partial charge in [0.1, 0.15) is 0 Å². The van der Waals surface area contributed by atoms with Crippen molar-refractivity contribution in [2.75, 3.05) is 18.0 Å². The van der Waals surface area contributed by atoms with Gasteiger partial charge in [-0.15, -0.1) is 10.2 Å². The highest BCUT2D eigenvalue weighted by atomic mass is 16.2. The lowest BCUT2D eigenvalue weighted by Gasteiger charge is -2.32. The van der Waals surface area contributed by atoms with E-state index in [9.17, 15) is 4.79 Å². The van der Waals surface area contributed by atoms with E-state index in [4.69, 9.17) is 0 Å². The molecule has 4 rings (SSSR count). The number of aromatic nitrogens is 5. The van der Waals surface area contributed by atoms with Gasteiger partial charge in [0.15, 0.2) is 11.5 Å². The zero-order valence-electron chi connectivity index (χ0n) is 16.9. The summed E-state index contributed by atoms with van der Waals surface area (Å²) in [7, 11) is 0. The summed E-state index contributed by atoms with van der Waals surface area (Å²) in [5, 5.41) is 11.9. The number of anilines is 1. The number of amides is 1. The molecule has 1 N–H and O–H groups in total. The van der Waals surface area contributed by atoms with Gasteiger partial charge in [0.2, 0.25) is 11.9 Å². The van der Waals surface area contributed by atoms with Crippen LogP contribution in [0, 0.1) is 11.8 Å². The Balaban J connectivity index is 1.50. The summed E-state index contributed by atoms with van der Waals surface area (Å²) in [6.07, 6.45) is 8.03. The Bertz CT molecular complexity index is 956. The van der Waals surface area contributed by atoms with Gasteiger partial charge < -0.3 is 10.2 Å². The number of carbonyl (C=O) groups is 1. The van der Waals surface area contributed by atoms with Crippen LogP contribution in [0.2, 0.25) is 0 Å². The zero-order valence-corrected chi connectivity index (χ0v) is 16.9. The van der Waals surface area contributed by atoms with Gasteiger partial charge in [-0.3, -0.25) is 9.20 Å². The molecule has 0 unspecified atom stereocenters. The second kappa shape index (κ2) is 8.55. The molecule has 4 heterocycles. The molecule has 29 heavy (non-hydrogen) atoms. The Morgan fingerprint density at radius 2 is 2.03 bits per heavy atom. The molecule has 0 spiro atoms. The van der Waals surface area contributed by atoms with Gasteiger partial charge in [-0.25, -0.2) is 9.97 Å². The molecular formula is C21H27N7O. The summed E-state index contributed by atoms with van der Waals surface area (Å²) >= 11 is 0. The van der Waals surface area contributed by atoms with Crippen LogP contribution in [0.25, 0.3) is 5.65 Å². The molecule has 1 saturated heterocycles. The molecule has 0 saturated carbocycles. The maximum Gasteiger partial charge on any atom is 0.225 e. The standard InChI is InChI=1S/C21H27N7O/c1-15(2)13-17(19-26-25-18-8-3-4-12-28(18)19)24-20(29)16-7-5-11-27(14-16)21-22-9-6-10-23-21/h3-4,6,8-10,12,15-17H,5,7,11,13-14H2,1-2H3,(H,24,29)/t16-,17+/m0/s1. The van der Waals surface area contributed by atoms with Gasteiger partial charge in [0, 0.05) is 31.7 Å². The fourth-order valence-corrected chi connectivity index (χ4v) is 3.91.